The van der Waals surface area contributed by atoms with Gasteiger partial charge in [0.1, 0.15) is 13.2 Å². The van der Waals surface area contributed by atoms with Crippen LogP contribution >= 0.6 is 7.82 Å². The summed E-state index contributed by atoms with van der Waals surface area (Å²) in [6.45, 7) is 4.63. The summed E-state index contributed by atoms with van der Waals surface area (Å²) in [5.41, 5.74) is 0. The van der Waals surface area contributed by atoms with Crippen LogP contribution in [0.3, 0.4) is 0 Å². The first-order chi connectivity index (χ1) is 36.0. The first kappa shape index (κ1) is 70.4. The van der Waals surface area contributed by atoms with Crippen molar-refractivity contribution >= 4 is 13.7 Å². The van der Waals surface area contributed by atoms with Crippen molar-refractivity contribution in [2.45, 2.75) is 219 Å². The van der Waals surface area contributed by atoms with Crippen LogP contribution in [0.5, 0.6) is 0 Å². The molecule has 9 heteroatoms. The topological polar surface area (TPSA) is 105 Å². The van der Waals surface area contributed by atoms with E-state index >= 15 is 0 Å². The Kier molecular flexibility index (Phi) is 51.5. The van der Waals surface area contributed by atoms with Gasteiger partial charge < -0.3 is 19.8 Å². The lowest BCUT2D eigenvalue weighted by atomic mass is 10.1. The molecule has 420 valence electrons. The molecule has 0 aromatic carbocycles. The molecule has 8 nitrogen and oxygen atoms in total. The van der Waals surface area contributed by atoms with Gasteiger partial charge in [-0.2, -0.15) is 0 Å². The van der Waals surface area contributed by atoms with Gasteiger partial charge >= 0.3 is 7.82 Å². The summed E-state index contributed by atoms with van der Waals surface area (Å²) >= 11 is 0. The molecule has 0 heterocycles. The second-order valence-corrected chi connectivity index (χ2v) is 21.7. The molecule has 0 radical (unpaired) electrons. The van der Waals surface area contributed by atoms with Gasteiger partial charge in [0.05, 0.1) is 39.9 Å². The van der Waals surface area contributed by atoms with E-state index in [1.54, 1.807) is 6.08 Å². The fourth-order valence-corrected chi connectivity index (χ4v) is 8.21. The number of quaternary nitrogens is 1. The summed E-state index contributed by atoms with van der Waals surface area (Å²) in [6.07, 6.45) is 83.8. The molecule has 0 aromatic rings. The van der Waals surface area contributed by atoms with Crippen LogP contribution in [0.2, 0.25) is 0 Å². The average molecular weight is 1050 g/mol. The van der Waals surface area contributed by atoms with Crippen molar-refractivity contribution in [2.75, 3.05) is 40.9 Å². The molecular formula is C65H110N2O6P+. The Hall–Kier alpha value is -3.62. The molecule has 3 N–H and O–H groups in total. The highest BCUT2D eigenvalue weighted by Crippen LogP contribution is 2.43. The summed E-state index contributed by atoms with van der Waals surface area (Å²) in [5.74, 6) is -0.209. The first-order valence-electron chi connectivity index (χ1n) is 29.2. The zero-order valence-electron chi connectivity index (χ0n) is 47.8. The molecule has 1 amide bonds. The molecule has 0 fully saturated rings. The molecular weight excluding hydrogens is 936 g/mol. The Balaban J connectivity index is 4.28. The van der Waals surface area contributed by atoms with E-state index in [0.717, 1.165) is 116 Å². The minimum atomic E-state index is -4.37. The third kappa shape index (κ3) is 56.1. The summed E-state index contributed by atoms with van der Waals surface area (Å²) < 4.78 is 23.7. The Bertz CT molecular complexity index is 1710. The number of aliphatic hydroxyl groups excluding tert-OH is 1. The maximum absolute atomic E-state index is 13.0. The van der Waals surface area contributed by atoms with E-state index in [1.807, 2.05) is 27.2 Å². The number of likely N-dealkylation sites (N-methyl/N-ethyl adjacent to an activating group) is 1. The van der Waals surface area contributed by atoms with E-state index in [1.165, 1.54) is 70.6 Å². The number of amides is 1. The smallest absolute Gasteiger partial charge is 0.387 e. The quantitative estimate of drug-likeness (QED) is 0.0243. The van der Waals surface area contributed by atoms with Crippen molar-refractivity contribution < 1.29 is 32.9 Å². The molecule has 0 spiro atoms. The van der Waals surface area contributed by atoms with Crippen LogP contribution in [0.4, 0.5) is 0 Å². The Morgan fingerprint density at radius 1 is 0.473 bits per heavy atom. The molecule has 0 saturated heterocycles. The summed E-state index contributed by atoms with van der Waals surface area (Å²) in [6, 6.07) is -0.887. The van der Waals surface area contributed by atoms with E-state index in [4.69, 9.17) is 9.05 Å². The highest BCUT2D eigenvalue weighted by atomic mass is 31.2. The monoisotopic (exact) mass is 1050 g/mol. The molecule has 0 aliphatic carbocycles. The van der Waals surface area contributed by atoms with Crippen molar-refractivity contribution in [2.24, 2.45) is 0 Å². The lowest BCUT2D eigenvalue weighted by Gasteiger charge is -2.25. The van der Waals surface area contributed by atoms with Crippen LogP contribution in [-0.2, 0) is 18.4 Å². The van der Waals surface area contributed by atoms with Crippen molar-refractivity contribution in [1.29, 1.82) is 0 Å². The van der Waals surface area contributed by atoms with Gasteiger partial charge in [0.25, 0.3) is 0 Å². The van der Waals surface area contributed by atoms with Gasteiger partial charge in [-0.05, 0) is 116 Å². The van der Waals surface area contributed by atoms with Crippen LogP contribution in [-0.4, -0.2) is 73.4 Å². The molecule has 3 atom stereocenters. The lowest BCUT2D eigenvalue weighted by molar-refractivity contribution is -0.870. The van der Waals surface area contributed by atoms with Crippen LogP contribution < -0.4 is 5.32 Å². The number of nitrogens with zero attached hydrogens (tertiary/aromatic N) is 1. The highest BCUT2D eigenvalue weighted by molar-refractivity contribution is 7.47. The van der Waals surface area contributed by atoms with Crippen LogP contribution in [0.1, 0.15) is 206 Å². The summed E-state index contributed by atoms with van der Waals surface area (Å²) in [7, 11) is 1.52. The first-order valence-corrected chi connectivity index (χ1v) is 30.7. The number of carbonyl (C=O) groups excluding carboxylic acids is 1. The number of phosphoric acid groups is 1. The number of phosphoric ester groups is 1. The van der Waals surface area contributed by atoms with Gasteiger partial charge in [0.15, 0.2) is 0 Å². The number of allylic oxidation sites excluding steroid dienone is 23. The third-order valence-electron chi connectivity index (χ3n) is 12.0. The van der Waals surface area contributed by atoms with E-state index in [-0.39, 0.29) is 19.1 Å². The second kappa shape index (κ2) is 54.2. The van der Waals surface area contributed by atoms with E-state index in [0.29, 0.717) is 17.4 Å². The fraction of sp³-hybridized carbons (Fsp3) is 0.615. The molecule has 74 heavy (non-hydrogen) atoms. The lowest BCUT2D eigenvalue weighted by Crippen LogP contribution is -2.45. The van der Waals surface area contributed by atoms with Gasteiger partial charge in [-0.25, -0.2) is 4.57 Å². The van der Waals surface area contributed by atoms with Crippen LogP contribution in [0.15, 0.2) is 146 Å². The van der Waals surface area contributed by atoms with E-state index < -0.39 is 20.0 Å². The van der Waals surface area contributed by atoms with E-state index in [9.17, 15) is 19.4 Å². The highest BCUT2D eigenvalue weighted by Gasteiger charge is 2.27. The Morgan fingerprint density at radius 3 is 1.24 bits per heavy atom. The molecule has 0 aliphatic rings. The molecule has 3 unspecified atom stereocenters. The van der Waals surface area contributed by atoms with Crippen molar-refractivity contribution in [3.05, 3.63) is 146 Å². The third-order valence-corrected chi connectivity index (χ3v) is 13.0. The van der Waals surface area contributed by atoms with Crippen molar-refractivity contribution in [3.8, 4) is 0 Å². The zero-order chi connectivity index (χ0) is 54.2. The number of unbranched alkanes of at least 4 members (excludes halogenated alkanes) is 16. The maximum Gasteiger partial charge on any atom is 0.472 e. The minimum absolute atomic E-state index is 0.0431. The number of nitrogens with one attached hydrogen (secondary N) is 1. The predicted molar refractivity (Wildman–Crippen MR) is 322 cm³/mol. The van der Waals surface area contributed by atoms with Crippen LogP contribution in [0, 0.1) is 0 Å². The van der Waals surface area contributed by atoms with Crippen molar-refractivity contribution in [3.63, 3.8) is 0 Å². The second-order valence-electron chi connectivity index (χ2n) is 20.3. The van der Waals surface area contributed by atoms with E-state index in [2.05, 4.69) is 153 Å². The van der Waals surface area contributed by atoms with Gasteiger partial charge in [-0.3, -0.25) is 13.8 Å². The molecule has 0 rings (SSSR count). The number of hydrogen-bond acceptors (Lipinski definition) is 5. The number of rotatable bonds is 51. The van der Waals surface area contributed by atoms with Crippen LogP contribution in [0.25, 0.3) is 0 Å². The maximum atomic E-state index is 13.0. The van der Waals surface area contributed by atoms with Gasteiger partial charge in [0.2, 0.25) is 5.91 Å². The summed E-state index contributed by atoms with van der Waals surface area (Å²) in [5, 5.41) is 13.9. The summed E-state index contributed by atoms with van der Waals surface area (Å²) in [4.78, 5) is 23.3. The number of hydrogen-bond donors (Lipinski definition) is 3. The minimum Gasteiger partial charge on any atom is -0.387 e. The molecule has 0 bridgehead atoms. The van der Waals surface area contributed by atoms with Gasteiger partial charge in [0, 0.05) is 6.42 Å². The van der Waals surface area contributed by atoms with Gasteiger partial charge in [-0.15, -0.1) is 0 Å². The van der Waals surface area contributed by atoms with Gasteiger partial charge in [-0.1, -0.05) is 230 Å². The standard InChI is InChI=1S/C65H109N2O6P/c1-6-8-10-12-14-16-18-20-22-24-25-26-27-28-29-30-31-32-33-34-35-36-37-38-39-40-41-43-45-47-49-51-53-55-57-59-65(69)66-63(62-73-74(70,71)72-61-60-67(3,4)5)64(68)58-56-54-52-50-48-46-44-42-23-21-19-17-15-13-11-9-7-2/h8,10,14,16,20,22-23,25-26,28-29,31-32,34-35,37-38,40-42,48,50,56,58,63-64,68H,6-7,9,11-13,15,17-19,21,24,27,30,33,36,39,43-47,49,51-55,57,59-62H2,1-5H3,(H-,66,69,70,71)/p+1/b10-8-,16-14-,22-20-,26-25-,29-28-,32-31-,35-34-,38-37-,41-40-,42-23+,50-48+,58-56+. The Labute approximate surface area is 455 Å². The molecule has 0 aromatic heterocycles. The Morgan fingerprint density at radius 2 is 0.824 bits per heavy atom. The normalized spacial score (nSPS) is 15.0. The molecule has 0 aliphatic heterocycles. The fourth-order valence-electron chi connectivity index (χ4n) is 7.48. The average Bonchev–Trinajstić information content (AvgIpc) is 3.36. The zero-order valence-corrected chi connectivity index (χ0v) is 48.7. The molecule has 0 saturated carbocycles. The predicted octanol–water partition coefficient (Wildman–Crippen LogP) is 18.1. The number of carbonyl (C=O) groups is 1. The SMILES string of the molecule is CC/C=C\C/C=C\C/C=C\C/C=C\C/C=C\C/C=C\C/C=C\C/C=C\C/C=C\CCCCCCCCCC(=O)NC(COP(=O)(O)OCC[N+](C)(C)C)C(O)/C=C/CC/C=C/CC/C=C/CCCCCCCCC. The largest absolute Gasteiger partial charge is 0.472 e. The number of aliphatic hydroxyl groups is 1. The van der Waals surface area contributed by atoms with Crippen molar-refractivity contribution in [1.82, 2.24) is 5.32 Å².